The van der Waals surface area contributed by atoms with Crippen molar-refractivity contribution in [3.8, 4) is 5.69 Å². The van der Waals surface area contributed by atoms with Gasteiger partial charge < -0.3 is 5.11 Å². The largest absolute Gasteiger partial charge is 0.481 e. The topological polar surface area (TPSA) is 75.1 Å². The van der Waals surface area contributed by atoms with E-state index in [0.717, 1.165) is 4.47 Å². The van der Waals surface area contributed by atoms with E-state index in [1.807, 2.05) is 12.1 Å². The lowest BCUT2D eigenvalue weighted by Gasteiger charge is -2.00. The lowest BCUT2D eigenvalue weighted by molar-refractivity contribution is -0.136. The van der Waals surface area contributed by atoms with E-state index in [1.54, 1.807) is 19.1 Å². The number of aromatic amines is 1. The number of H-pyrrole nitrogens is 1. The normalized spacial score (nSPS) is 10.6. The molecule has 1 heterocycles. The number of nitrogens with one attached hydrogen (secondary N) is 1. The number of nitrogens with zero attached hydrogens (tertiary/aromatic N) is 1. The first-order valence-corrected chi connectivity index (χ1v) is 6.06. The minimum absolute atomic E-state index is 0.273. The fourth-order valence-corrected chi connectivity index (χ4v) is 1.98. The number of halogens is 1. The van der Waals surface area contributed by atoms with Gasteiger partial charge in [0.2, 0.25) is 0 Å². The Morgan fingerprint density at radius 2 is 2.00 bits per heavy atom. The van der Waals surface area contributed by atoms with Crippen molar-refractivity contribution in [3.05, 3.63) is 50.3 Å². The highest BCUT2D eigenvalue weighted by Gasteiger charge is 2.14. The lowest BCUT2D eigenvalue weighted by Crippen LogP contribution is -2.19. The molecule has 6 heteroatoms. The second kappa shape index (κ2) is 4.81. The highest BCUT2D eigenvalue weighted by Crippen LogP contribution is 2.13. The second-order valence-electron chi connectivity index (χ2n) is 3.90. The van der Waals surface area contributed by atoms with E-state index in [1.165, 1.54) is 4.68 Å². The molecule has 0 aliphatic heterocycles. The molecule has 0 spiro atoms. The minimum atomic E-state index is -1.02. The molecule has 0 fully saturated rings. The van der Waals surface area contributed by atoms with Crippen molar-refractivity contribution in [2.24, 2.45) is 0 Å². The molecule has 0 aliphatic rings. The summed E-state index contributed by atoms with van der Waals surface area (Å²) >= 11 is 3.31. The smallest absolute Gasteiger partial charge is 0.308 e. The van der Waals surface area contributed by atoms with E-state index in [9.17, 15) is 9.59 Å². The number of carbonyl (C=O) groups is 1. The van der Waals surface area contributed by atoms with E-state index >= 15 is 0 Å². The number of aromatic nitrogens is 2. The zero-order chi connectivity index (χ0) is 13.3. The van der Waals surface area contributed by atoms with Gasteiger partial charge in [0.25, 0.3) is 5.56 Å². The highest BCUT2D eigenvalue weighted by atomic mass is 79.9. The van der Waals surface area contributed by atoms with Crippen LogP contribution in [0.15, 0.2) is 33.5 Å². The molecule has 2 rings (SSSR count). The molecular formula is C12H11BrN2O3. The third-order valence-electron chi connectivity index (χ3n) is 2.61. The summed E-state index contributed by atoms with van der Waals surface area (Å²) in [5.41, 5.74) is 1.20. The van der Waals surface area contributed by atoms with Crippen LogP contribution in [-0.4, -0.2) is 20.9 Å². The molecule has 0 bridgehead atoms. The molecule has 0 aliphatic carbocycles. The Morgan fingerprint density at radius 1 is 1.39 bits per heavy atom. The van der Waals surface area contributed by atoms with Gasteiger partial charge in [0, 0.05) is 10.2 Å². The number of carboxylic acid groups (broad SMARTS) is 1. The summed E-state index contributed by atoms with van der Waals surface area (Å²) in [6.45, 7) is 1.69. The van der Waals surface area contributed by atoms with Gasteiger partial charge in [-0.3, -0.25) is 14.7 Å². The molecule has 1 aromatic carbocycles. The van der Waals surface area contributed by atoms with Crippen LogP contribution in [0, 0.1) is 6.92 Å². The first-order chi connectivity index (χ1) is 8.49. The Morgan fingerprint density at radius 3 is 2.56 bits per heavy atom. The molecule has 18 heavy (non-hydrogen) atoms. The van der Waals surface area contributed by atoms with Crippen molar-refractivity contribution in [1.82, 2.24) is 9.78 Å². The molecule has 0 saturated heterocycles. The minimum Gasteiger partial charge on any atom is -0.481 e. The molecule has 0 amide bonds. The number of carboxylic acids is 1. The monoisotopic (exact) mass is 310 g/mol. The number of aliphatic carboxylic acids is 1. The Kier molecular flexibility index (Phi) is 3.38. The molecule has 0 unspecified atom stereocenters. The van der Waals surface area contributed by atoms with E-state index in [4.69, 9.17) is 5.11 Å². The zero-order valence-electron chi connectivity index (χ0n) is 9.61. The van der Waals surface area contributed by atoms with Crippen LogP contribution in [0.3, 0.4) is 0 Å². The molecule has 0 saturated carbocycles. The summed E-state index contributed by atoms with van der Waals surface area (Å²) in [4.78, 5) is 22.8. The summed E-state index contributed by atoms with van der Waals surface area (Å²) in [5.74, 6) is -1.02. The van der Waals surface area contributed by atoms with Crippen molar-refractivity contribution in [2.45, 2.75) is 13.3 Å². The Hall–Kier alpha value is -1.82. The zero-order valence-corrected chi connectivity index (χ0v) is 11.2. The van der Waals surface area contributed by atoms with Crippen LogP contribution in [0.25, 0.3) is 5.69 Å². The Balaban J connectivity index is 2.50. The third-order valence-corrected chi connectivity index (χ3v) is 3.13. The number of aryl methyl sites for hydroxylation is 1. The third kappa shape index (κ3) is 2.38. The van der Waals surface area contributed by atoms with Gasteiger partial charge in [-0.15, -0.1) is 0 Å². The SMILES string of the molecule is Cc1[nH]n(-c2ccc(Br)cc2)c(=O)c1CC(=O)O. The first kappa shape index (κ1) is 12.6. The van der Waals surface area contributed by atoms with Crippen molar-refractivity contribution in [1.29, 1.82) is 0 Å². The van der Waals surface area contributed by atoms with Gasteiger partial charge in [-0.1, -0.05) is 15.9 Å². The van der Waals surface area contributed by atoms with Gasteiger partial charge in [0.15, 0.2) is 0 Å². The number of hydrogen-bond donors (Lipinski definition) is 2. The predicted octanol–water partition coefficient (Wildman–Crippen LogP) is 1.86. The van der Waals surface area contributed by atoms with Crippen molar-refractivity contribution in [2.75, 3.05) is 0 Å². The summed E-state index contributed by atoms with van der Waals surface area (Å²) in [6, 6.07) is 7.17. The van der Waals surface area contributed by atoms with E-state index in [-0.39, 0.29) is 17.5 Å². The number of rotatable bonds is 3. The Bertz CT molecular complexity index is 640. The van der Waals surface area contributed by atoms with Crippen LogP contribution in [0.2, 0.25) is 0 Å². The molecule has 5 nitrogen and oxygen atoms in total. The predicted molar refractivity (Wildman–Crippen MR) is 70.2 cm³/mol. The molecule has 2 N–H and O–H groups in total. The fourth-order valence-electron chi connectivity index (χ4n) is 1.71. The number of benzene rings is 1. The van der Waals surface area contributed by atoms with Crippen LogP contribution in [0.4, 0.5) is 0 Å². The second-order valence-corrected chi connectivity index (χ2v) is 4.82. The van der Waals surface area contributed by atoms with Gasteiger partial charge in [-0.2, -0.15) is 0 Å². The molecular weight excluding hydrogens is 300 g/mol. The molecule has 94 valence electrons. The van der Waals surface area contributed by atoms with Gasteiger partial charge in [-0.05, 0) is 31.2 Å². The van der Waals surface area contributed by atoms with Crippen molar-refractivity contribution < 1.29 is 9.90 Å². The molecule has 1 aromatic heterocycles. The van der Waals surface area contributed by atoms with Crippen molar-refractivity contribution in [3.63, 3.8) is 0 Å². The van der Waals surface area contributed by atoms with E-state index < -0.39 is 5.97 Å². The van der Waals surface area contributed by atoms with E-state index in [2.05, 4.69) is 21.0 Å². The average Bonchev–Trinajstić information content (AvgIpc) is 2.58. The quantitative estimate of drug-likeness (QED) is 0.908. The maximum absolute atomic E-state index is 12.1. The van der Waals surface area contributed by atoms with Crippen LogP contribution in [-0.2, 0) is 11.2 Å². The molecule has 2 aromatic rings. The van der Waals surface area contributed by atoms with Gasteiger partial charge >= 0.3 is 5.97 Å². The van der Waals surface area contributed by atoms with Crippen LogP contribution in [0.1, 0.15) is 11.3 Å². The fraction of sp³-hybridized carbons (Fsp3) is 0.167. The Labute approximate surface area is 111 Å². The maximum atomic E-state index is 12.1. The lowest BCUT2D eigenvalue weighted by atomic mass is 10.2. The van der Waals surface area contributed by atoms with Gasteiger partial charge in [-0.25, -0.2) is 4.68 Å². The summed E-state index contributed by atoms with van der Waals surface area (Å²) in [5, 5.41) is 11.6. The van der Waals surface area contributed by atoms with Crippen LogP contribution >= 0.6 is 15.9 Å². The average molecular weight is 311 g/mol. The van der Waals surface area contributed by atoms with Gasteiger partial charge in [0.05, 0.1) is 17.7 Å². The summed E-state index contributed by atoms with van der Waals surface area (Å²) in [7, 11) is 0. The maximum Gasteiger partial charge on any atom is 0.308 e. The van der Waals surface area contributed by atoms with Crippen molar-refractivity contribution >= 4 is 21.9 Å². The highest BCUT2D eigenvalue weighted by molar-refractivity contribution is 9.10. The standard InChI is InChI=1S/C12H11BrN2O3/c1-7-10(6-11(16)17)12(18)15(14-7)9-4-2-8(13)3-5-9/h2-5,14H,6H2,1H3,(H,16,17). The molecule has 0 atom stereocenters. The summed E-state index contributed by atoms with van der Waals surface area (Å²) in [6.07, 6.45) is -0.273. The first-order valence-electron chi connectivity index (χ1n) is 5.27. The van der Waals surface area contributed by atoms with E-state index in [0.29, 0.717) is 11.4 Å². The molecule has 0 radical (unpaired) electrons. The summed E-state index contributed by atoms with van der Waals surface area (Å²) < 4.78 is 2.26. The van der Waals surface area contributed by atoms with Gasteiger partial charge in [0.1, 0.15) is 0 Å². The van der Waals surface area contributed by atoms with Crippen LogP contribution in [0.5, 0.6) is 0 Å². The van der Waals surface area contributed by atoms with Crippen LogP contribution < -0.4 is 5.56 Å². The number of hydrogen-bond acceptors (Lipinski definition) is 2.